The third-order valence-electron chi connectivity index (χ3n) is 2.85. The van der Waals surface area contributed by atoms with Gasteiger partial charge in [0.25, 0.3) is 5.91 Å². The lowest BCUT2D eigenvalue weighted by molar-refractivity contribution is -0.138. The molecule has 3 amide bonds. The molecule has 1 N–H and O–H groups in total. The van der Waals surface area contributed by atoms with Gasteiger partial charge in [0.15, 0.2) is 0 Å². The average molecular weight is 393 g/mol. The van der Waals surface area contributed by atoms with Crippen LogP contribution in [0.3, 0.4) is 0 Å². The molecule has 1 aromatic rings. The molecule has 1 fully saturated rings. The highest BCUT2D eigenvalue weighted by atomic mass is 127. The number of nitrogens with zero attached hydrogens (tertiary/aromatic N) is 1. The van der Waals surface area contributed by atoms with Crippen molar-refractivity contribution in [3.05, 3.63) is 32.4 Å². The fourth-order valence-corrected chi connectivity index (χ4v) is 2.27. The van der Waals surface area contributed by atoms with Gasteiger partial charge >= 0.3 is 0 Å². The topological polar surface area (TPSA) is 66.5 Å². The fourth-order valence-electron chi connectivity index (χ4n) is 1.76. The van der Waals surface area contributed by atoms with E-state index in [0.717, 1.165) is 3.57 Å². The van der Waals surface area contributed by atoms with E-state index >= 15 is 0 Å². The molecule has 19 heavy (non-hydrogen) atoms. The van der Waals surface area contributed by atoms with Gasteiger partial charge in [0, 0.05) is 9.13 Å². The second-order valence-electron chi connectivity index (χ2n) is 4.15. The third-order valence-corrected chi connectivity index (χ3v) is 4.42. The first-order valence-corrected chi connectivity index (χ1v) is 6.95. The Kier molecular flexibility index (Phi) is 4.10. The van der Waals surface area contributed by atoms with Crippen LogP contribution in [0.2, 0.25) is 5.02 Å². The molecule has 1 unspecified atom stereocenters. The summed E-state index contributed by atoms with van der Waals surface area (Å²) < 4.78 is 0.830. The molecule has 0 saturated carbocycles. The number of carbonyl (C=O) groups is 3. The summed E-state index contributed by atoms with van der Waals surface area (Å²) in [5, 5.41) is 2.65. The van der Waals surface area contributed by atoms with Crippen molar-refractivity contribution < 1.29 is 14.4 Å². The van der Waals surface area contributed by atoms with Crippen molar-refractivity contribution in [2.75, 3.05) is 6.54 Å². The summed E-state index contributed by atoms with van der Waals surface area (Å²) in [5.74, 6) is -1.33. The van der Waals surface area contributed by atoms with Gasteiger partial charge in [0.2, 0.25) is 11.8 Å². The zero-order valence-corrected chi connectivity index (χ0v) is 12.9. The number of halogens is 2. The molecule has 0 bridgehead atoms. The number of hydrogen-bond acceptors (Lipinski definition) is 3. The maximum Gasteiger partial charge on any atom is 0.255 e. The van der Waals surface area contributed by atoms with Gasteiger partial charge in [0.05, 0.1) is 5.02 Å². The predicted molar refractivity (Wildman–Crippen MR) is 77.8 cm³/mol. The summed E-state index contributed by atoms with van der Waals surface area (Å²) >= 11 is 8.02. The number of rotatable bonds is 1. The highest BCUT2D eigenvalue weighted by Crippen LogP contribution is 2.21. The summed E-state index contributed by atoms with van der Waals surface area (Å²) in [6.45, 7) is 1.45. The second kappa shape index (κ2) is 5.46. The molecule has 5 nitrogen and oxygen atoms in total. The minimum absolute atomic E-state index is 0.130. The van der Waals surface area contributed by atoms with E-state index in [0.29, 0.717) is 10.6 Å². The van der Waals surface area contributed by atoms with Gasteiger partial charge in [0.1, 0.15) is 12.6 Å². The van der Waals surface area contributed by atoms with Gasteiger partial charge in [-0.25, -0.2) is 0 Å². The summed E-state index contributed by atoms with van der Waals surface area (Å²) in [6.07, 6.45) is 0. The highest BCUT2D eigenvalue weighted by Gasteiger charge is 2.34. The number of nitrogens with one attached hydrogen (secondary N) is 1. The minimum Gasteiger partial charge on any atom is -0.318 e. The van der Waals surface area contributed by atoms with E-state index in [9.17, 15) is 14.4 Å². The van der Waals surface area contributed by atoms with Crippen molar-refractivity contribution in [1.82, 2.24) is 10.2 Å². The largest absolute Gasteiger partial charge is 0.318 e. The van der Waals surface area contributed by atoms with E-state index in [4.69, 9.17) is 11.6 Å². The van der Waals surface area contributed by atoms with E-state index < -0.39 is 17.9 Å². The molecule has 1 aliphatic heterocycles. The average Bonchev–Trinajstić information content (AvgIpc) is 2.36. The zero-order valence-electron chi connectivity index (χ0n) is 9.94. The van der Waals surface area contributed by atoms with E-state index in [1.54, 1.807) is 19.1 Å². The number of amides is 3. The molecule has 100 valence electrons. The Labute approximate surface area is 128 Å². The van der Waals surface area contributed by atoms with Crippen molar-refractivity contribution >= 4 is 51.9 Å². The first-order chi connectivity index (χ1) is 8.90. The highest BCUT2D eigenvalue weighted by molar-refractivity contribution is 14.1. The summed E-state index contributed by atoms with van der Waals surface area (Å²) in [7, 11) is 0. The van der Waals surface area contributed by atoms with Crippen molar-refractivity contribution in [2.24, 2.45) is 0 Å². The Balaban J connectivity index is 2.29. The normalized spacial score (nSPS) is 19.3. The molecule has 0 aromatic heterocycles. The molecule has 2 rings (SSSR count). The quantitative estimate of drug-likeness (QED) is 0.581. The SMILES string of the molecule is CC1C(=O)NC(=O)CN1C(=O)c1ccc(I)c(Cl)c1. The summed E-state index contributed by atoms with van der Waals surface area (Å²) in [6, 6.07) is 4.20. The number of piperazine rings is 1. The van der Waals surface area contributed by atoms with Crippen LogP contribution < -0.4 is 5.32 Å². The van der Waals surface area contributed by atoms with E-state index in [1.165, 1.54) is 11.0 Å². The van der Waals surface area contributed by atoms with Crippen LogP contribution in [-0.2, 0) is 9.59 Å². The van der Waals surface area contributed by atoms with Crippen LogP contribution in [0.5, 0.6) is 0 Å². The lowest BCUT2D eigenvalue weighted by Gasteiger charge is -2.31. The van der Waals surface area contributed by atoms with Crippen molar-refractivity contribution in [1.29, 1.82) is 0 Å². The number of carbonyl (C=O) groups excluding carboxylic acids is 3. The maximum atomic E-state index is 12.3. The predicted octanol–water partition coefficient (Wildman–Crippen LogP) is 1.43. The molecular formula is C12H10ClIN2O3. The molecule has 1 atom stereocenters. The molecule has 1 saturated heterocycles. The van der Waals surface area contributed by atoms with Gasteiger partial charge in [-0.15, -0.1) is 0 Å². The van der Waals surface area contributed by atoms with Crippen LogP contribution in [-0.4, -0.2) is 35.2 Å². The Morgan fingerprint density at radius 2 is 2.16 bits per heavy atom. The lowest BCUT2D eigenvalue weighted by Crippen LogP contribution is -2.58. The van der Waals surface area contributed by atoms with E-state index in [1.807, 2.05) is 0 Å². The summed E-state index contributed by atoms with van der Waals surface area (Å²) in [5.41, 5.74) is 0.361. The maximum absolute atomic E-state index is 12.3. The monoisotopic (exact) mass is 392 g/mol. The fraction of sp³-hybridized carbons (Fsp3) is 0.250. The molecule has 7 heteroatoms. The molecule has 1 heterocycles. The Bertz CT molecular complexity index is 576. The van der Waals surface area contributed by atoms with Crippen molar-refractivity contribution in [2.45, 2.75) is 13.0 Å². The first kappa shape index (κ1) is 14.3. The van der Waals surface area contributed by atoms with Crippen LogP contribution in [0, 0.1) is 3.57 Å². The third kappa shape index (κ3) is 2.89. The van der Waals surface area contributed by atoms with Gasteiger partial charge < -0.3 is 4.90 Å². The van der Waals surface area contributed by atoms with Crippen LogP contribution in [0.1, 0.15) is 17.3 Å². The van der Waals surface area contributed by atoms with Crippen LogP contribution in [0.15, 0.2) is 18.2 Å². The van der Waals surface area contributed by atoms with Crippen LogP contribution in [0.4, 0.5) is 0 Å². The van der Waals surface area contributed by atoms with Crippen molar-refractivity contribution in [3.63, 3.8) is 0 Å². The molecule has 0 aliphatic carbocycles. The van der Waals surface area contributed by atoms with Crippen LogP contribution >= 0.6 is 34.2 Å². The van der Waals surface area contributed by atoms with Gasteiger partial charge in [-0.1, -0.05) is 11.6 Å². The lowest BCUT2D eigenvalue weighted by atomic mass is 10.1. The zero-order chi connectivity index (χ0) is 14.2. The second-order valence-corrected chi connectivity index (χ2v) is 5.72. The van der Waals surface area contributed by atoms with Crippen LogP contribution in [0.25, 0.3) is 0 Å². The van der Waals surface area contributed by atoms with Gasteiger partial charge in [-0.2, -0.15) is 0 Å². The molecule has 1 aromatic carbocycles. The Morgan fingerprint density at radius 3 is 2.79 bits per heavy atom. The Morgan fingerprint density at radius 1 is 1.47 bits per heavy atom. The van der Waals surface area contributed by atoms with Gasteiger partial charge in [-0.05, 0) is 47.7 Å². The Hall–Kier alpha value is -1.15. The molecule has 1 aliphatic rings. The van der Waals surface area contributed by atoms with E-state index in [-0.39, 0.29) is 12.5 Å². The smallest absolute Gasteiger partial charge is 0.255 e. The number of benzene rings is 1. The minimum atomic E-state index is -0.678. The number of imide groups is 1. The standard InChI is InChI=1S/C12H10ClIN2O3/c1-6-11(18)15-10(17)5-16(6)12(19)7-2-3-9(14)8(13)4-7/h2-4,6H,5H2,1H3,(H,15,17,18). The van der Waals surface area contributed by atoms with Gasteiger partial charge in [-0.3, -0.25) is 19.7 Å². The summed E-state index contributed by atoms with van der Waals surface area (Å²) in [4.78, 5) is 36.4. The van der Waals surface area contributed by atoms with E-state index in [2.05, 4.69) is 27.9 Å². The molecular weight excluding hydrogens is 383 g/mol. The number of hydrogen-bond donors (Lipinski definition) is 1. The molecule has 0 radical (unpaired) electrons. The first-order valence-electron chi connectivity index (χ1n) is 5.50. The van der Waals surface area contributed by atoms with Crippen molar-refractivity contribution in [3.8, 4) is 0 Å². The molecule has 0 spiro atoms.